The number of hydrogen-bond acceptors (Lipinski definition) is 7. The van der Waals surface area contributed by atoms with Gasteiger partial charge in [0.2, 0.25) is 5.91 Å². The maximum Gasteiger partial charge on any atom is 0.216 e. The molecule has 2 rings (SSSR count). The third-order valence-electron chi connectivity index (χ3n) is 3.13. The molecular formula is C15H18FN5O4. The summed E-state index contributed by atoms with van der Waals surface area (Å²) in [7, 11) is 0. The van der Waals surface area contributed by atoms with Crippen LogP contribution in [0, 0.1) is 12.7 Å². The van der Waals surface area contributed by atoms with E-state index in [9.17, 15) is 14.4 Å². The van der Waals surface area contributed by atoms with Crippen molar-refractivity contribution < 1.29 is 23.8 Å². The van der Waals surface area contributed by atoms with Gasteiger partial charge >= 0.3 is 0 Å². The average Bonchev–Trinajstić information content (AvgIpc) is 3.03. The third-order valence-corrected chi connectivity index (χ3v) is 3.13. The van der Waals surface area contributed by atoms with Crippen molar-refractivity contribution in [3.05, 3.63) is 41.0 Å². The molecule has 0 unspecified atom stereocenters. The number of hydrogen-bond donors (Lipinski definition) is 3. The zero-order valence-electron chi connectivity index (χ0n) is 13.7. The predicted molar refractivity (Wildman–Crippen MR) is 84.9 cm³/mol. The molecular weight excluding hydrogens is 333 g/mol. The predicted octanol–water partition coefficient (Wildman–Crippen LogP) is 1.23. The number of carbonyl (C=O) groups is 1. The van der Waals surface area contributed by atoms with Crippen LogP contribution in [0.2, 0.25) is 0 Å². The van der Waals surface area contributed by atoms with Crippen molar-refractivity contribution in [1.29, 1.82) is 0 Å². The maximum atomic E-state index is 13.3. The van der Waals surface area contributed by atoms with Gasteiger partial charge in [-0.25, -0.2) is 14.0 Å². The molecule has 0 atom stereocenters. The molecule has 1 heterocycles. The SMILES string of the molecule is CC(=O)NCCOCc1nonc1C(=Nc1ccc(F)c(C)c1)NO. The molecule has 1 aromatic heterocycles. The Balaban J connectivity index is 2.08. The Kier molecular flexibility index (Phi) is 6.54. The molecule has 0 saturated carbocycles. The Morgan fingerprint density at radius 2 is 2.24 bits per heavy atom. The number of halogens is 1. The number of benzene rings is 1. The normalized spacial score (nSPS) is 11.4. The molecule has 0 aliphatic rings. The number of amides is 1. The highest BCUT2D eigenvalue weighted by atomic mass is 19.1. The second-order valence-electron chi connectivity index (χ2n) is 5.10. The van der Waals surface area contributed by atoms with Crippen LogP contribution >= 0.6 is 0 Å². The number of carbonyl (C=O) groups excluding carboxylic acids is 1. The van der Waals surface area contributed by atoms with Crippen LogP contribution in [0.15, 0.2) is 27.8 Å². The van der Waals surface area contributed by atoms with Crippen LogP contribution in [0.4, 0.5) is 10.1 Å². The molecule has 0 spiro atoms. The highest BCUT2D eigenvalue weighted by molar-refractivity contribution is 5.98. The van der Waals surface area contributed by atoms with Crippen molar-refractivity contribution in [2.75, 3.05) is 13.2 Å². The smallest absolute Gasteiger partial charge is 0.216 e. The van der Waals surface area contributed by atoms with Gasteiger partial charge in [-0.3, -0.25) is 15.5 Å². The van der Waals surface area contributed by atoms with Crippen molar-refractivity contribution >= 4 is 17.4 Å². The minimum atomic E-state index is -0.353. The lowest BCUT2D eigenvalue weighted by Crippen LogP contribution is -2.25. The van der Waals surface area contributed by atoms with E-state index in [1.54, 1.807) is 6.92 Å². The van der Waals surface area contributed by atoms with E-state index in [0.717, 1.165) is 0 Å². The number of rotatable bonds is 7. The lowest BCUT2D eigenvalue weighted by molar-refractivity contribution is -0.119. The van der Waals surface area contributed by atoms with Crippen LogP contribution in [0.1, 0.15) is 23.9 Å². The first-order valence-electron chi connectivity index (χ1n) is 7.40. The third kappa shape index (κ3) is 5.33. The minimum absolute atomic E-state index is 0.0206. The molecule has 9 nitrogen and oxygen atoms in total. The Morgan fingerprint density at radius 3 is 2.92 bits per heavy atom. The lowest BCUT2D eigenvalue weighted by atomic mass is 10.2. The fourth-order valence-corrected chi connectivity index (χ4v) is 1.91. The van der Waals surface area contributed by atoms with E-state index in [1.165, 1.54) is 25.1 Å². The van der Waals surface area contributed by atoms with E-state index in [0.29, 0.717) is 23.5 Å². The summed E-state index contributed by atoms with van der Waals surface area (Å²) in [5.41, 5.74) is 3.22. The number of ether oxygens (including phenoxy) is 1. The van der Waals surface area contributed by atoms with Crippen molar-refractivity contribution in [1.82, 2.24) is 21.1 Å². The summed E-state index contributed by atoms with van der Waals surface area (Å²) in [5, 5.41) is 19.3. The summed E-state index contributed by atoms with van der Waals surface area (Å²) in [6.07, 6.45) is 0. The quantitative estimate of drug-likeness (QED) is 0.297. The summed E-state index contributed by atoms with van der Waals surface area (Å²) in [6.45, 7) is 3.67. The number of hydroxylamine groups is 1. The molecule has 0 aliphatic carbocycles. The van der Waals surface area contributed by atoms with E-state index in [1.807, 2.05) is 5.48 Å². The summed E-state index contributed by atoms with van der Waals surface area (Å²) in [5.74, 6) is -0.526. The minimum Gasteiger partial charge on any atom is -0.373 e. The molecule has 0 aliphatic heterocycles. The largest absolute Gasteiger partial charge is 0.373 e. The maximum absolute atomic E-state index is 13.3. The summed E-state index contributed by atoms with van der Waals surface area (Å²) < 4.78 is 23.3. The molecule has 0 fully saturated rings. The van der Waals surface area contributed by atoms with E-state index < -0.39 is 0 Å². The van der Waals surface area contributed by atoms with Gasteiger partial charge in [-0.15, -0.1) is 0 Å². The summed E-state index contributed by atoms with van der Waals surface area (Å²) >= 11 is 0. The van der Waals surface area contributed by atoms with Crippen molar-refractivity contribution in [3.8, 4) is 0 Å². The first kappa shape index (κ1) is 18.5. The van der Waals surface area contributed by atoms with Gasteiger partial charge in [0, 0.05) is 13.5 Å². The monoisotopic (exact) mass is 351 g/mol. The number of nitrogens with one attached hydrogen (secondary N) is 2. The molecule has 25 heavy (non-hydrogen) atoms. The van der Waals surface area contributed by atoms with Gasteiger partial charge in [-0.05, 0) is 35.8 Å². The van der Waals surface area contributed by atoms with Gasteiger partial charge in [0.1, 0.15) is 11.5 Å². The molecule has 1 amide bonds. The first-order valence-corrected chi connectivity index (χ1v) is 7.40. The van der Waals surface area contributed by atoms with Gasteiger partial charge in [-0.2, -0.15) is 0 Å². The van der Waals surface area contributed by atoms with Gasteiger partial charge in [0.15, 0.2) is 11.5 Å². The fraction of sp³-hybridized carbons (Fsp3) is 0.333. The van der Waals surface area contributed by atoms with Crippen LogP contribution in [0.5, 0.6) is 0 Å². The Bertz CT molecular complexity index is 762. The summed E-state index contributed by atoms with van der Waals surface area (Å²) in [6, 6.07) is 4.25. The standard InChI is InChI=1S/C15H18FN5O4/c1-9-7-11(3-4-12(9)16)18-15(19-23)14-13(20-25-21-14)8-24-6-5-17-10(2)22/h3-4,7,23H,5-6,8H2,1-2H3,(H,17,22)(H,18,19). The fourth-order valence-electron chi connectivity index (χ4n) is 1.91. The topological polar surface area (TPSA) is 122 Å². The number of aromatic nitrogens is 2. The molecule has 0 saturated heterocycles. The van der Waals surface area contributed by atoms with Gasteiger partial charge in [0.25, 0.3) is 0 Å². The Labute approximate surface area is 142 Å². The molecule has 10 heteroatoms. The average molecular weight is 351 g/mol. The number of aliphatic imine (C=N–C) groups is 1. The Hall–Kier alpha value is -2.85. The van der Waals surface area contributed by atoms with Gasteiger partial charge < -0.3 is 10.1 Å². The van der Waals surface area contributed by atoms with E-state index in [4.69, 9.17) is 4.74 Å². The van der Waals surface area contributed by atoms with Gasteiger partial charge in [0.05, 0.1) is 18.9 Å². The molecule has 3 N–H and O–H groups in total. The van der Waals surface area contributed by atoms with Crippen LogP contribution < -0.4 is 10.8 Å². The second kappa shape index (κ2) is 8.85. The molecule has 1 aromatic carbocycles. The number of nitrogens with zero attached hydrogens (tertiary/aromatic N) is 3. The number of amidine groups is 1. The van der Waals surface area contributed by atoms with E-state index in [2.05, 4.69) is 25.3 Å². The lowest BCUT2D eigenvalue weighted by Gasteiger charge is -2.05. The zero-order chi connectivity index (χ0) is 18.2. The van der Waals surface area contributed by atoms with Crippen LogP contribution in [-0.4, -0.2) is 40.4 Å². The zero-order valence-corrected chi connectivity index (χ0v) is 13.7. The van der Waals surface area contributed by atoms with Crippen LogP contribution in [0.25, 0.3) is 0 Å². The van der Waals surface area contributed by atoms with Gasteiger partial charge in [-0.1, -0.05) is 5.16 Å². The highest BCUT2D eigenvalue weighted by Gasteiger charge is 2.16. The van der Waals surface area contributed by atoms with E-state index in [-0.39, 0.29) is 36.5 Å². The summed E-state index contributed by atoms with van der Waals surface area (Å²) in [4.78, 5) is 14.9. The van der Waals surface area contributed by atoms with E-state index >= 15 is 0 Å². The van der Waals surface area contributed by atoms with Crippen LogP contribution in [0.3, 0.4) is 0 Å². The highest BCUT2D eigenvalue weighted by Crippen LogP contribution is 2.18. The Morgan fingerprint density at radius 1 is 1.44 bits per heavy atom. The second-order valence-corrected chi connectivity index (χ2v) is 5.10. The molecule has 2 aromatic rings. The van der Waals surface area contributed by atoms with Crippen molar-refractivity contribution in [3.63, 3.8) is 0 Å². The molecule has 134 valence electrons. The first-order chi connectivity index (χ1) is 12.0. The van der Waals surface area contributed by atoms with Crippen molar-refractivity contribution in [2.45, 2.75) is 20.5 Å². The molecule has 0 radical (unpaired) electrons. The molecule has 0 bridgehead atoms. The number of aryl methyl sites for hydroxylation is 1. The van der Waals surface area contributed by atoms with Crippen LogP contribution in [-0.2, 0) is 16.1 Å². The van der Waals surface area contributed by atoms with Crippen molar-refractivity contribution in [2.24, 2.45) is 4.99 Å².